The Bertz CT molecular complexity index is 310. The molecule has 14 heavy (non-hydrogen) atoms. The summed E-state index contributed by atoms with van der Waals surface area (Å²) in [4.78, 5) is 6.34. The largest absolute Gasteiger partial charge is 0.338 e. The topological polar surface area (TPSA) is 44.9 Å². The second kappa shape index (κ2) is 5.40. The summed E-state index contributed by atoms with van der Waals surface area (Å²) in [7, 11) is 1.99. The highest BCUT2D eigenvalue weighted by atomic mass is 15.1. The lowest BCUT2D eigenvalue weighted by Gasteiger charge is -2.15. The highest BCUT2D eigenvalue weighted by molar-refractivity contribution is 4.92. The van der Waals surface area contributed by atoms with Crippen LogP contribution >= 0.6 is 0 Å². The van der Waals surface area contributed by atoms with Crippen LogP contribution < -0.4 is 0 Å². The number of hydrogen-bond donors (Lipinski definition) is 0. The third kappa shape index (κ3) is 2.86. The van der Waals surface area contributed by atoms with E-state index in [0.717, 1.165) is 25.3 Å². The molecule has 0 saturated carbocycles. The maximum absolute atomic E-state index is 8.57. The van der Waals surface area contributed by atoms with Gasteiger partial charge in [0, 0.05) is 32.4 Å². The Morgan fingerprint density at radius 2 is 2.43 bits per heavy atom. The van der Waals surface area contributed by atoms with Crippen molar-refractivity contribution in [2.75, 3.05) is 19.6 Å². The van der Waals surface area contributed by atoms with Crippen LogP contribution in [0.3, 0.4) is 0 Å². The molecule has 0 N–H and O–H groups in total. The number of aryl methyl sites for hydroxylation is 1. The number of hydrogen-bond acceptors (Lipinski definition) is 3. The van der Waals surface area contributed by atoms with Gasteiger partial charge in [0.05, 0.1) is 12.6 Å². The first-order valence-corrected chi connectivity index (χ1v) is 4.83. The molecule has 0 aromatic carbocycles. The van der Waals surface area contributed by atoms with Crippen molar-refractivity contribution in [2.24, 2.45) is 7.05 Å². The van der Waals surface area contributed by atoms with Gasteiger partial charge in [-0.3, -0.25) is 4.90 Å². The van der Waals surface area contributed by atoms with Crippen LogP contribution in [0.4, 0.5) is 0 Å². The predicted molar refractivity (Wildman–Crippen MR) is 54.6 cm³/mol. The Morgan fingerprint density at radius 3 is 2.93 bits per heavy atom. The number of aromatic nitrogens is 2. The predicted octanol–water partition coefficient (Wildman–Crippen LogP) is 0.808. The van der Waals surface area contributed by atoms with Crippen molar-refractivity contribution in [3.05, 3.63) is 18.2 Å². The van der Waals surface area contributed by atoms with Crippen LogP contribution in [-0.4, -0.2) is 34.1 Å². The van der Waals surface area contributed by atoms with Crippen molar-refractivity contribution in [3.63, 3.8) is 0 Å². The highest BCUT2D eigenvalue weighted by Gasteiger charge is 2.04. The molecule has 0 saturated heterocycles. The van der Waals surface area contributed by atoms with Gasteiger partial charge in [-0.25, -0.2) is 4.98 Å². The average Bonchev–Trinajstić information content (AvgIpc) is 2.59. The molecule has 76 valence electrons. The zero-order chi connectivity index (χ0) is 10.4. The summed E-state index contributed by atoms with van der Waals surface area (Å²) in [5.41, 5.74) is 0. The molecule has 1 rings (SSSR count). The molecule has 0 unspecified atom stereocenters. The van der Waals surface area contributed by atoms with Crippen molar-refractivity contribution < 1.29 is 0 Å². The first-order valence-electron chi connectivity index (χ1n) is 4.83. The molecule has 0 aliphatic carbocycles. The molecule has 0 fully saturated rings. The van der Waals surface area contributed by atoms with E-state index in [4.69, 9.17) is 5.26 Å². The van der Waals surface area contributed by atoms with E-state index in [-0.39, 0.29) is 0 Å². The summed E-state index contributed by atoms with van der Waals surface area (Å²) >= 11 is 0. The highest BCUT2D eigenvalue weighted by Crippen LogP contribution is 1.97. The van der Waals surface area contributed by atoms with E-state index in [2.05, 4.69) is 22.9 Å². The quantitative estimate of drug-likeness (QED) is 0.648. The van der Waals surface area contributed by atoms with Gasteiger partial charge in [0.15, 0.2) is 0 Å². The van der Waals surface area contributed by atoms with Gasteiger partial charge in [-0.1, -0.05) is 6.92 Å². The minimum atomic E-state index is 0.501. The summed E-state index contributed by atoms with van der Waals surface area (Å²) in [5, 5.41) is 8.57. The SMILES string of the molecule is CCN(CC#N)CCc1nccn1C. The first-order chi connectivity index (χ1) is 6.77. The molecule has 0 radical (unpaired) electrons. The van der Waals surface area contributed by atoms with E-state index < -0.39 is 0 Å². The molecule has 1 aromatic rings. The molecule has 0 aliphatic rings. The molecule has 4 heteroatoms. The number of nitrogens with zero attached hydrogens (tertiary/aromatic N) is 4. The van der Waals surface area contributed by atoms with Gasteiger partial charge in [0.1, 0.15) is 5.82 Å². The van der Waals surface area contributed by atoms with E-state index in [1.807, 2.05) is 17.8 Å². The first kappa shape index (κ1) is 10.7. The number of rotatable bonds is 5. The van der Waals surface area contributed by atoms with Crippen molar-refractivity contribution >= 4 is 0 Å². The van der Waals surface area contributed by atoms with Gasteiger partial charge in [0.2, 0.25) is 0 Å². The normalized spacial score (nSPS) is 10.4. The van der Waals surface area contributed by atoms with Gasteiger partial charge in [0.25, 0.3) is 0 Å². The summed E-state index contributed by atoms with van der Waals surface area (Å²) in [6, 6.07) is 2.16. The minimum Gasteiger partial charge on any atom is -0.338 e. The lowest BCUT2D eigenvalue weighted by atomic mass is 10.3. The van der Waals surface area contributed by atoms with E-state index in [0.29, 0.717) is 6.54 Å². The number of imidazole rings is 1. The van der Waals surface area contributed by atoms with Crippen LogP contribution in [0.2, 0.25) is 0 Å². The van der Waals surface area contributed by atoms with E-state index >= 15 is 0 Å². The summed E-state index contributed by atoms with van der Waals surface area (Å²) in [6.45, 7) is 4.38. The standard InChI is InChI=1S/C10H16N4/c1-3-14(8-5-11)7-4-10-12-6-9-13(10)2/h6,9H,3-4,7-8H2,1-2H3. The van der Waals surface area contributed by atoms with Crippen LogP contribution in [0.15, 0.2) is 12.4 Å². The number of nitriles is 1. The second-order valence-electron chi connectivity index (χ2n) is 3.23. The Balaban J connectivity index is 2.40. The monoisotopic (exact) mass is 192 g/mol. The van der Waals surface area contributed by atoms with Crippen molar-refractivity contribution in [2.45, 2.75) is 13.3 Å². The number of likely N-dealkylation sites (N-methyl/N-ethyl adjacent to an activating group) is 1. The zero-order valence-electron chi connectivity index (χ0n) is 8.77. The maximum atomic E-state index is 8.57. The minimum absolute atomic E-state index is 0.501. The van der Waals surface area contributed by atoms with Crippen molar-refractivity contribution in [1.82, 2.24) is 14.5 Å². The van der Waals surface area contributed by atoms with Gasteiger partial charge < -0.3 is 4.57 Å². The Labute approximate surface area is 84.8 Å². The van der Waals surface area contributed by atoms with E-state index in [1.54, 1.807) is 6.20 Å². The second-order valence-corrected chi connectivity index (χ2v) is 3.23. The molecule has 4 nitrogen and oxygen atoms in total. The molecule has 0 atom stereocenters. The fraction of sp³-hybridized carbons (Fsp3) is 0.600. The van der Waals surface area contributed by atoms with E-state index in [9.17, 15) is 0 Å². The van der Waals surface area contributed by atoms with Gasteiger partial charge in [-0.05, 0) is 6.54 Å². The molecule has 1 aromatic heterocycles. The Hall–Kier alpha value is -1.34. The smallest absolute Gasteiger partial charge is 0.109 e. The fourth-order valence-electron chi connectivity index (χ4n) is 1.34. The fourth-order valence-corrected chi connectivity index (χ4v) is 1.34. The van der Waals surface area contributed by atoms with Crippen molar-refractivity contribution in [3.8, 4) is 6.07 Å². The van der Waals surface area contributed by atoms with Crippen molar-refractivity contribution in [1.29, 1.82) is 5.26 Å². The molecule has 0 amide bonds. The molecule has 1 heterocycles. The van der Waals surface area contributed by atoms with Crippen LogP contribution in [0.1, 0.15) is 12.7 Å². The lowest BCUT2D eigenvalue weighted by Crippen LogP contribution is -2.26. The lowest BCUT2D eigenvalue weighted by molar-refractivity contribution is 0.323. The average molecular weight is 192 g/mol. The molecular weight excluding hydrogens is 176 g/mol. The zero-order valence-corrected chi connectivity index (χ0v) is 8.77. The summed E-state index contributed by atoms with van der Waals surface area (Å²) in [5.74, 6) is 1.07. The Morgan fingerprint density at radius 1 is 1.64 bits per heavy atom. The van der Waals surface area contributed by atoms with Crippen LogP contribution in [-0.2, 0) is 13.5 Å². The van der Waals surface area contributed by atoms with Crippen LogP contribution in [0, 0.1) is 11.3 Å². The summed E-state index contributed by atoms with van der Waals surface area (Å²) in [6.07, 6.45) is 4.64. The molecule has 0 bridgehead atoms. The Kier molecular flexibility index (Phi) is 4.14. The third-order valence-corrected chi connectivity index (χ3v) is 2.31. The molecule has 0 spiro atoms. The van der Waals surface area contributed by atoms with Crippen LogP contribution in [0.5, 0.6) is 0 Å². The maximum Gasteiger partial charge on any atom is 0.109 e. The van der Waals surface area contributed by atoms with Gasteiger partial charge >= 0.3 is 0 Å². The molecular formula is C10H16N4. The van der Waals surface area contributed by atoms with Gasteiger partial charge in [-0.2, -0.15) is 5.26 Å². The van der Waals surface area contributed by atoms with Gasteiger partial charge in [-0.15, -0.1) is 0 Å². The van der Waals surface area contributed by atoms with Crippen LogP contribution in [0.25, 0.3) is 0 Å². The van der Waals surface area contributed by atoms with E-state index in [1.165, 1.54) is 0 Å². The summed E-state index contributed by atoms with van der Waals surface area (Å²) < 4.78 is 2.01. The molecule has 0 aliphatic heterocycles. The third-order valence-electron chi connectivity index (χ3n) is 2.31.